The van der Waals surface area contributed by atoms with Crippen LogP contribution in [-0.2, 0) is 28.6 Å². The van der Waals surface area contributed by atoms with Crippen LogP contribution in [0.4, 0.5) is 0 Å². The molecule has 440 valence electrons. The fourth-order valence-corrected chi connectivity index (χ4v) is 10.6. The van der Waals surface area contributed by atoms with Gasteiger partial charge in [-0.15, -0.1) is 0 Å². The lowest BCUT2D eigenvalue weighted by molar-refractivity contribution is -0.167. The van der Waals surface area contributed by atoms with E-state index in [1.165, 1.54) is 276 Å². The van der Waals surface area contributed by atoms with Crippen LogP contribution < -0.4 is 0 Å². The monoisotopic (exact) mass is 1050 g/mol. The van der Waals surface area contributed by atoms with E-state index in [0.29, 0.717) is 19.3 Å². The van der Waals surface area contributed by atoms with E-state index in [-0.39, 0.29) is 31.1 Å². The van der Waals surface area contributed by atoms with Gasteiger partial charge < -0.3 is 14.2 Å². The number of ether oxygens (including phenoxy) is 3. The SMILES string of the molecule is CCCCCCCCCCCCCCCCCC(=O)OC[C@H](COC(=O)CCCCCCCCCCCCCCCCCCC(C)C)OC(=O)CCCCCCCCCCCCCCCCCCCCC(C)CC. The summed E-state index contributed by atoms with van der Waals surface area (Å²) in [6.07, 6.45) is 68.2. The van der Waals surface area contributed by atoms with Crippen LogP contribution in [-0.4, -0.2) is 37.2 Å². The molecule has 0 bridgehead atoms. The molecule has 0 fully saturated rings. The molecule has 0 aliphatic rings. The highest BCUT2D eigenvalue weighted by Gasteiger charge is 2.20. The van der Waals surface area contributed by atoms with Gasteiger partial charge >= 0.3 is 17.9 Å². The van der Waals surface area contributed by atoms with Crippen molar-refractivity contribution < 1.29 is 28.6 Å². The molecule has 6 nitrogen and oxygen atoms in total. The van der Waals surface area contributed by atoms with Crippen LogP contribution in [0.1, 0.15) is 388 Å². The molecule has 0 heterocycles. The Kier molecular flexibility index (Phi) is 59.3. The maximum atomic E-state index is 12.9. The van der Waals surface area contributed by atoms with Gasteiger partial charge in [0.05, 0.1) is 0 Å². The largest absolute Gasteiger partial charge is 0.462 e. The molecule has 0 rings (SSSR count). The standard InChI is InChI=1S/C68H132O6/c1-6-8-9-10-11-12-13-14-21-28-33-38-43-48-53-58-66(69)72-61-65(62-73-67(70)59-54-49-44-39-34-29-24-20-19-22-26-31-36-41-46-51-56-63(3)4)74-68(71)60-55-50-45-40-35-30-25-18-16-15-17-23-27-32-37-42-47-52-57-64(5)7-2/h63-65H,6-62H2,1-5H3/t64?,65-/m1/s1. The van der Waals surface area contributed by atoms with E-state index in [4.69, 9.17) is 14.2 Å². The Bertz CT molecular complexity index is 1140. The zero-order chi connectivity index (χ0) is 53.9. The molecule has 2 atom stereocenters. The summed E-state index contributed by atoms with van der Waals surface area (Å²) in [5.41, 5.74) is 0. The maximum absolute atomic E-state index is 12.9. The van der Waals surface area contributed by atoms with Crippen LogP contribution in [0.3, 0.4) is 0 Å². The molecular formula is C68H132O6. The molecular weight excluding hydrogens is 913 g/mol. The number of esters is 3. The van der Waals surface area contributed by atoms with Crippen LogP contribution >= 0.6 is 0 Å². The Morgan fingerprint density at radius 2 is 0.514 bits per heavy atom. The van der Waals surface area contributed by atoms with Crippen molar-refractivity contribution in [3.8, 4) is 0 Å². The van der Waals surface area contributed by atoms with E-state index < -0.39 is 6.10 Å². The van der Waals surface area contributed by atoms with E-state index in [0.717, 1.165) is 69.6 Å². The molecule has 0 aromatic heterocycles. The van der Waals surface area contributed by atoms with Crippen LogP contribution in [0.15, 0.2) is 0 Å². The molecule has 0 aliphatic carbocycles. The number of carbonyl (C=O) groups is 3. The molecule has 0 N–H and O–H groups in total. The molecule has 0 radical (unpaired) electrons. The summed E-state index contributed by atoms with van der Waals surface area (Å²) in [6, 6.07) is 0. The Morgan fingerprint density at radius 1 is 0.284 bits per heavy atom. The summed E-state index contributed by atoms with van der Waals surface area (Å²) >= 11 is 0. The third kappa shape index (κ3) is 59.7. The second-order valence-corrected chi connectivity index (χ2v) is 24.2. The highest BCUT2D eigenvalue weighted by Crippen LogP contribution is 2.20. The number of hydrogen-bond acceptors (Lipinski definition) is 6. The third-order valence-electron chi connectivity index (χ3n) is 16.1. The minimum Gasteiger partial charge on any atom is -0.462 e. The molecule has 1 unspecified atom stereocenters. The zero-order valence-corrected chi connectivity index (χ0v) is 51.0. The third-order valence-corrected chi connectivity index (χ3v) is 16.1. The molecule has 0 aliphatic heterocycles. The van der Waals surface area contributed by atoms with Gasteiger partial charge in [0.25, 0.3) is 0 Å². The first-order valence-corrected chi connectivity index (χ1v) is 33.8. The van der Waals surface area contributed by atoms with E-state index in [2.05, 4.69) is 34.6 Å². The minimum atomic E-state index is -0.764. The van der Waals surface area contributed by atoms with Crippen LogP contribution in [0.5, 0.6) is 0 Å². The summed E-state index contributed by atoms with van der Waals surface area (Å²) in [6.45, 7) is 11.5. The Balaban J connectivity index is 4.26. The summed E-state index contributed by atoms with van der Waals surface area (Å²) in [5, 5.41) is 0. The first-order chi connectivity index (χ1) is 36.3. The van der Waals surface area contributed by atoms with Gasteiger partial charge in [-0.1, -0.05) is 349 Å². The first-order valence-electron chi connectivity index (χ1n) is 33.8. The van der Waals surface area contributed by atoms with Crippen LogP contribution in [0.25, 0.3) is 0 Å². The summed E-state index contributed by atoms with van der Waals surface area (Å²) in [7, 11) is 0. The van der Waals surface area contributed by atoms with Gasteiger partial charge in [-0.25, -0.2) is 0 Å². The predicted molar refractivity (Wildman–Crippen MR) is 321 cm³/mol. The van der Waals surface area contributed by atoms with Crippen molar-refractivity contribution in [1.82, 2.24) is 0 Å². The van der Waals surface area contributed by atoms with E-state index >= 15 is 0 Å². The van der Waals surface area contributed by atoms with Crippen molar-refractivity contribution in [3.63, 3.8) is 0 Å². The molecule has 0 spiro atoms. The molecule has 0 aromatic rings. The van der Waals surface area contributed by atoms with Crippen molar-refractivity contribution in [2.24, 2.45) is 11.8 Å². The average Bonchev–Trinajstić information content (AvgIpc) is 3.39. The lowest BCUT2D eigenvalue weighted by atomic mass is 9.99. The Hall–Kier alpha value is -1.59. The summed E-state index contributed by atoms with van der Waals surface area (Å²) < 4.78 is 17.0. The molecule has 0 saturated heterocycles. The van der Waals surface area contributed by atoms with Gasteiger partial charge in [0, 0.05) is 19.3 Å². The van der Waals surface area contributed by atoms with Gasteiger partial charge in [0.15, 0.2) is 6.10 Å². The Morgan fingerprint density at radius 3 is 0.770 bits per heavy atom. The van der Waals surface area contributed by atoms with E-state index in [1.54, 1.807) is 0 Å². The van der Waals surface area contributed by atoms with Crippen molar-refractivity contribution in [2.45, 2.75) is 394 Å². The molecule has 0 aromatic carbocycles. The van der Waals surface area contributed by atoms with Gasteiger partial charge in [-0.05, 0) is 31.1 Å². The van der Waals surface area contributed by atoms with E-state index in [1.807, 2.05) is 0 Å². The average molecular weight is 1050 g/mol. The fraction of sp³-hybridized carbons (Fsp3) is 0.956. The highest BCUT2D eigenvalue weighted by atomic mass is 16.6. The van der Waals surface area contributed by atoms with Gasteiger partial charge in [0.1, 0.15) is 13.2 Å². The predicted octanol–water partition coefficient (Wildman–Crippen LogP) is 22.8. The van der Waals surface area contributed by atoms with Crippen molar-refractivity contribution in [1.29, 1.82) is 0 Å². The van der Waals surface area contributed by atoms with E-state index in [9.17, 15) is 14.4 Å². The van der Waals surface area contributed by atoms with Gasteiger partial charge in [-0.2, -0.15) is 0 Å². The second kappa shape index (κ2) is 60.6. The number of unbranched alkanes of at least 4 members (excludes halogenated alkanes) is 46. The normalized spacial score (nSPS) is 12.4. The zero-order valence-electron chi connectivity index (χ0n) is 51.0. The minimum absolute atomic E-state index is 0.0614. The van der Waals surface area contributed by atoms with Crippen molar-refractivity contribution in [3.05, 3.63) is 0 Å². The molecule has 0 amide bonds. The number of carbonyl (C=O) groups excluding carboxylic acids is 3. The Labute approximate surface area is 463 Å². The van der Waals surface area contributed by atoms with Crippen molar-refractivity contribution >= 4 is 17.9 Å². The molecule has 6 heteroatoms. The summed E-state index contributed by atoms with van der Waals surface area (Å²) in [4.78, 5) is 38.4. The van der Waals surface area contributed by atoms with Crippen LogP contribution in [0, 0.1) is 11.8 Å². The second-order valence-electron chi connectivity index (χ2n) is 24.2. The van der Waals surface area contributed by atoms with Crippen molar-refractivity contribution in [2.75, 3.05) is 13.2 Å². The maximum Gasteiger partial charge on any atom is 0.306 e. The number of hydrogen-bond donors (Lipinski definition) is 0. The fourth-order valence-electron chi connectivity index (χ4n) is 10.6. The topological polar surface area (TPSA) is 78.9 Å². The smallest absolute Gasteiger partial charge is 0.306 e. The van der Waals surface area contributed by atoms with Gasteiger partial charge in [-0.3, -0.25) is 14.4 Å². The summed E-state index contributed by atoms with van der Waals surface area (Å²) in [5.74, 6) is 0.935. The molecule has 74 heavy (non-hydrogen) atoms. The first kappa shape index (κ1) is 72.4. The van der Waals surface area contributed by atoms with Gasteiger partial charge in [0.2, 0.25) is 0 Å². The van der Waals surface area contributed by atoms with Crippen LogP contribution in [0.2, 0.25) is 0 Å². The highest BCUT2D eigenvalue weighted by molar-refractivity contribution is 5.71. The number of rotatable bonds is 62. The quantitative estimate of drug-likeness (QED) is 0.0343. The lowest BCUT2D eigenvalue weighted by Crippen LogP contribution is -2.30. The molecule has 0 saturated carbocycles. The lowest BCUT2D eigenvalue weighted by Gasteiger charge is -2.18.